The summed E-state index contributed by atoms with van der Waals surface area (Å²) in [5, 5.41) is 7.54. The van der Waals surface area contributed by atoms with Crippen LogP contribution < -0.4 is 5.32 Å². The van der Waals surface area contributed by atoms with Crippen LogP contribution in [0.15, 0.2) is 12.3 Å². The van der Waals surface area contributed by atoms with Gasteiger partial charge in [0, 0.05) is 6.20 Å². The number of hydrogen-bond acceptors (Lipinski definition) is 4. The predicted molar refractivity (Wildman–Crippen MR) is 73.0 cm³/mol. The summed E-state index contributed by atoms with van der Waals surface area (Å²) >= 11 is 0. The standard InChI is InChI=1S/C14H23N3O2/c1-10-5-7-15-11(9-10)12-6-8-16-17(12)13(18)19-14(2,3)4/h6,8,10-11,15H,5,7,9H2,1-4H3/t10-,11+/m1/s1. The van der Waals surface area contributed by atoms with E-state index in [0.717, 1.165) is 18.7 Å². The van der Waals surface area contributed by atoms with Gasteiger partial charge in [-0.05, 0) is 52.1 Å². The van der Waals surface area contributed by atoms with Gasteiger partial charge in [0.05, 0.1) is 11.7 Å². The van der Waals surface area contributed by atoms with Crippen LogP contribution in [-0.4, -0.2) is 28.0 Å². The summed E-state index contributed by atoms with van der Waals surface area (Å²) in [5.74, 6) is 0.660. The summed E-state index contributed by atoms with van der Waals surface area (Å²) < 4.78 is 6.75. The molecule has 0 aromatic carbocycles. The van der Waals surface area contributed by atoms with Crippen LogP contribution in [0.2, 0.25) is 0 Å². The highest BCUT2D eigenvalue weighted by Gasteiger charge is 2.26. The van der Waals surface area contributed by atoms with Gasteiger partial charge in [0.15, 0.2) is 0 Å². The summed E-state index contributed by atoms with van der Waals surface area (Å²) in [6.07, 6.45) is 3.44. The number of nitrogens with zero attached hydrogens (tertiary/aromatic N) is 2. The predicted octanol–water partition coefficient (Wildman–Crippen LogP) is 2.73. The molecule has 1 aromatic heterocycles. The van der Waals surface area contributed by atoms with E-state index >= 15 is 0 Å². The van der Waals surface area contributed by atoms with E-state index in [1.165, 1.54) is 11.1 Å². The lowest BCUT2D eigenvalue weighted by atomic mass is 9.92. The fourth-order valence-corrected chi connectivity index (χ4v) is 2.37. The Kier molecular flexibility index (Phi) is 3.94. The third-order valence-electron chi connectivity index (χ3n) is 3.26. The average molecular weight is 265 g/mol. The minimum atomic E-state index is -0.506. The fourth-order valence-electron chi connectivity index (χ4n) is 2.37. The number of piperidine rings is 1. The second-order valence-electron chi connectivity index (χ2n) is 6.28. The van der Waals surface area contributed by atoms with Crippen molar-refractivity contribution in [2.45, 2.75) is 52.2 Å². The molecular weight excluding hydrogens is 242 g/mol. The van der Waals surface area contributed by atoms with Crippen molar-refractivity contribution >= 4 is 6.09 Å². The molecule has 0 amide bonds. The zero-order valence-electron chi connectivity index (χ0n) is 12.1. The van der Waals surface area contributed by atoms with Crippen LogP contribution in [0.5, 0.6) is 0 Å². The van der Waals surface area contributed by atoms with Crippen LogP contribution in [-0.2, 0) is 4.74 Å². The minimum absolute atomic E-state index is 0.179. The molecule has 0 saturated carbocycles. The van der Waals surface area contributed by atoms with Gasteiger partial charge in [0.1, 0.15) is 5.60 Å². The van der Waals surface area contributed by atoms with E-state index in [-0.39, 0.29) is 6.04 Å². The molecule has 2 atom stereocenters. The molecule has 5 nitrogen and oxygen atoms in total. The maximum Gasteiger partial charge on any atom is 0.435 e. The summed E-state index contributed by atoms with van der Waals surface area (Å²) in [5.41, 5.74) is 0.383. The largest absolute Gasteiger partial charge is 0.442 e. The Morgan fingerprint density at radius 2 is 2.26 bits per heavy atom. The molecule has 0 bridgehead atoms. The molecule has 1 fully saturated rings. The Bertz CT molecular complexity index is 448. The van der Waals surface area contributed by atoms with Crippen LogP contribution in [0.25, 0.3) is 0 Å². The van der Waals surface area contributed by atoms with E-state index in [1.807, 2.05) is 26.8 Å². The van der Waals surface area contributed by atoms with Crippen molar-refractivity contribution < 1.29 is 9.53 Å². The second kappa shape index (κ2) is 5.33. The molecule has 19 heavy (non-hydrogen) atoms. The average Bonchev–Trinajstić information content (AvgIpc) is 2.75. The molecule has 1 saturated heterocycles. The van der Waals surface area contributed by atoms with E-state index < -0.39 is 11.7 Å². The van der Waals surface area contributed by atoms with Crippen LogP contribution in [0.1, 0.15) is 52.3 Å². The fraction of sp³-hybridized carbons (Fsp3) is 0.714. The molecule has 1 aliphatic rings. The molecule has 0 unspecified atom stereocenters. The van der Waals surface area contributed by atoms with Crippen molar-refractivity contribution in [2.75, 3.05) is 6.54 Å². The first-order valence-electron chi connectivity index (χ1n) is 6.87. The maximum atomic E-state index is 12.1. The summed E-state index contributed by atoms with van der Waals surface area (Å²) in [4.78, 5) is 12.1. The van der Waals surface area contributed by atoms with Gasteiger partial charge in [0.2, 0.25) is 0 Å². The van der Waals surface area contributed by atoms with E-state index in [9.17, 15) is 4.79 Å². The highest BCUT2D eigenvalue weighted by atomic mass is 16.6. The molecule has 2 rings (SSSR count). The lowest BCUT2D eigenvalue weighted by Gasteiger charge is -2.28. The van der Waals surface area contributed by atoms with Gasteiger partial charge in [-0.1, -0.05) is 6.92 Å². The summed E-state index contributed by atoms with van der Waals surface area (Å²) in [6, 6.07) is 2.07. The van der Waals surface area contributed by atoms with Crippen molar-refractivity contribution in [2.24, 2.45) is 5.92 Å². The van der Waals surface area contributed by atoms with E-state index in [4.69, 9.17) is 4.74 Å². The van der Waals surface area contributed by atoms with Gasteiger partial charge in [-0.25, -0.2) is 4.79 Å². The molecule has 0 radical (unpaired) electrons. The Morgan fingerprint density at radius 3 is 2.89 bits per heavy atom. The molecule has 1 aromatic rings. The number of hydrogen-bond donors (Lipinski definition) is 1. The van der Waals surface area contributed by atoms with Crippen molar-refractivity contribution in [3.8, 4) is 0 Å². The molecular formula is C14H23N3O2. The van der Waals surface area contributed by atoms with Gasteiger partial charge in [-0.2, -0.15) is 9.78 Å². The van der Waals surface area contributed by atoms with E-state index in [0.29, 0.717) is 5.92 Å². The van der Waals surface area contributed by atoms with Crippen molar-refractivity contribution in [1.82, 2.24) is 15.1 Å². The molecule has 0 spiro atoms. The number of nitrogens with one attached hydrogen (secondary N) is 1. The van der Waals surface area contributed by atoms with Crippen LogP contribution >= 0.6 is 0 Å². The number of carbonyl (C=O) groups excluding carboxylic acids is 1. The topological polar surface area (TPSA) is 56.2 Å². The lowest BCUT2D eigenvalue weighted by Crippen LogP contribution is -2.35. The third kappa shape index (κ3) is 3.56. The van der Waals surface area contributed by atoms with Gasteiger partial charge < -0.3 is 10.1 Å². The van der Waals surface area contributed by atoms with Gasteiger partial charge in [-0.3, -0.25) is 0 Å². The molecule has 106 valence electrons. The minimum Gasteiger partial charge on any atom is -0.442 e. The van der Waals surface area contributed by atoms with Crippen molar-refractivity contribution in [3.05, 3.63) is 18.0 Å². The highest BCUT2D eigenvalue weighted by molar-refractivity contribution is 5.70. The molecule has 0 aliphatic carbocycles. The summed E-state index contributed by atoms with van der Waals surface area (Å²) in [6.45, 7) is 8.78. The van der Waals surface area contributed by atoms with Crippen molar-refractivity contribution in [1.29, 1.82) is 0 Å². The third-order valence-corrected chi connectivity index (χ3v) is 3.26. The summed E-state index contributed by atoms with van der Waals surface area (Å²) in [7, 11) is 0. The lowest BCUT2D eigenvalue weighted by molar-refractivity contribution is 0.0504. The number of rotatable bonds is 1. The van der Waals surface area contributed by atoms with E-state index in [2.05, 4.69) is 17.3 Å². The number of carbonyl (C=O) groups is 1. The first kappa shape index (κ1) is 14.1. The second-order valence-corrected chi connectivity index (χ2v) is 6.28. The Morgan fingerprint density at radius 1 is 1.53 bits per heavy atom. The van der Waals surface area contributed by atoms with Crippen LogP contribution in [0, 0.1) is 5.92 Å². The SMILES string of the molecule is C[C@@H]1CCN[C@H](c2ccnn2C(=O)OC(C)(C)C)C1. The maximum absolute atomic E-state index is 12.1. The molecule has 2 heterocycles. The zero-order chi connectivity index (χ0) is 14.0. The number of aromatic nitrogens is 2. The molecule has 1 N–H and O–H groups in total. The normalized spacial score (nSPS) is 24.2. The smallest absolute Gasteiger partial charge is 0.435 e. The zero-order valence-corrected chi connectivity index (χ0v) is 12.1. The van der Waals surface area contributed by atoms with Gasteiger partial charge in [-0.15, -0.1) is 0 Å². The van der Waals surface area contributed by atoms with Crippen molar-refractivity contribution in [3.63, 3.8) is 0 Å². The van der Waals surface area contributed by atoms with E-state index in [1.54, 1.807) is 6.20 Å². The first-order valence-corrected chi connectivity index (χ1v) is 6.87. The Balaban J connectivity index is 2.15. The Labute approximate surface area is 114 Å². The molecule has 1 aliphatic heterocycles. The van der Waals surface area contributed by atoms with Gasteiger partial charge in [0.25, 0.3) is 0 Å². The monoisotopic (exact) mass is 265 g/mol. The molecule has 5 heteroatoms. The van der Waals surface area contributed by atoms with Crippen LogP contribution in [0.3, 0.4) is 0 Å². The number of ether oxygens (including phenoxy) is 1. The van der Waals surface area contributed by atoms with Crippen LogP contribution in [0.4, 0.5) is 4.79 Å². The van der Waals surface area contributed by atoms with Gasteiger partial charge >= 0.3 is 6.09 Å². The first-order chi connectivity index (χ1) is 8.87. The Hall–Kier alpha value is -1.36. The highest BCUT2D eigenvalue weighted by Crippen LogP contribution is 2.27. The quantitative estimate of drug-likeness (QED) is 0.848.